The minimum Gasteiger partial charge on any atom is -0.497 e. The number of halogens is 2. The minimum absolute atomic E-state index is 0. The lowest BCUT2D eigenvalue weighted by Gasteiger charge is -2.28. The summed E-state index contributed by atoms with van der Waals surface area (Å²) in [4.78, 5) is 14.9. The first-order chi connectivity index (χ1) is 13.6. The molecule has 2 heterocycles. The Hall–Kier alpha value is -1.21. The van der Waals surface area contributed by atoms with E-state index in [1.807, 2.05) is 18.2 Å². The molecule has 1 aromatic carbocycles. The van der Waals surface area contributed by atoms with Crippen LogP contribution < -0.4 is 20.1 Å². The van der Waals surface area contributed by atoms with Gasteiger partial charge in [-0.3, -0.25) is 9.69 Å². The molecule has 0 radical (unpaired) electrons. The molecular weight excluding hydrogens is 425 g/mol. The number of carbonyl (C=O) groups excluding carboxylic acids is 1. The fourth-order valence-electron chi connectivity index (χ4n) is 4.42. The van der Waals surface area contributed by atoms with Gasteiger partial charge in [-0.15, -0.1) is 24.8 Å². The van der Waals surface area contributed by atoms with E-state index >= 15 is 0 Å². The van der Waals surface area contributed by atoms with Crippen LogP contribution in [0.15, 0.2) is 18.2 Å². The van der Waals surface area contributed by atoms with Crippen LogP contribution in [0, 0.1) is 11.8 Å². The molecule has 1 aromatic rings. The average Bonchev–Trinajstić information content (AvgIpc) is 3.14. The summed E-state index contributed by atoms with van der Waals surface area (Å²) in [5.41, 5.74) is 1.17. The first kappa shape index (κ1) is 26.8. The largest absolute Gasteiger partial charge is 0.497 e. The van der Waals surface area contributed by atoms with E-state index in [2.05, 4.69) is 22.5 Å². The molecule has 30 heavy (non-hydrogen) atoms. The van der Waals surface area contributed by atoms with Gasteiger partial charge >= 0.3 is 0 Å². The number of carbonyl (C=O) groups is 1. The number of nitrogens with zero attached hydrogens (tertiary/aromatic N) is 1. The number of hydrogen-bond donors (Lipinski definition) is 2. The van der Waals surface area contributed by atoms with E-state index in [-0.39, 0.29) is 36.8 Å². The fraction of sp³-hybridized carbons (Fsp3) is 0.682. The maximum absolute atomic E-state index is 12.5. The predicted octanol–water partition coefficient (Wildman–Crippen LogP) is 3.26. The number of piperidine rings is 1. The summed E-state index contributed by atoms with van der Waals surface area (Å²) < 4.78 is 10.7. The molecule has 3 atom stereocenters. The van der Waals surface area contributed by atoms with Crippen molar-refractivity contribution >= 4 is 30.7 Å². The van der Waals surface area contributed by atoms with E-state index in [1.165, 1.54) is 18.4 Å². The van der Waals surface area contributed by atoms with Gasteiger partial charge in [0.15, 0.2) is 0 Å². The van der Waals surface area contributed by atoms with E-state index in [1.54, 1.807) is 14.2 Å². The van der Waals surface area contributed by atoms with Crippen molar-refractivity contribution in [1.82, 2.24) is 15.5 Å². The third kappa shape index (κ3) is 7.80. The molecule has 3 unspecified atom stereocenters. The number of hydrogen-bond acceptors (Lipinski definition) is 5. The molecular formula is C22H37Cl2N3O3. The second-order valence-electron chi connectivity index (χ2n) is 8.30. The maximum Gasteiger partial charge on any atom is 0.220 e. The first-order valence-electron chi connectivity index (χ1n) is 10.5. The highest BCUT2D eigenvalue weighted by atomic mass is 35.5. The zero-order valence-corrected chi connectivity index (χ0v) is 19.9. The van der Waals surface area contributed by atoms with Crippen LogP contribution in [0.5, 0.6) is 11.5 Å². The number of ether oxygens (including phenoxy) is 2. The Labute approximate surface area is 193 Å². The minimum atomic E-state index is 0. The number of rotatable bonds is 8. The predicted molar refractivity (Wildman–Crippen MR) is 125 cm³/mol. The molecule has 0 spiro atoms. The molecule has 2 fully saturated rings. The summed E-state index contributed by atoms with van der Waals surface area (Å²) in [6, 6.07) is 6.24. The maximum atomic E-state index is 12.5. The number of amides is 1. The highest BCUT2D eigenvalue weighted by molar-refractivity contribution is 5.85. The van der Waals surface area contributed by atoms with Gasteiger partial charge in [-0.25, -0.2) is 0 Å². The van der Waals surface area contributed by atoms with Crippen LogP contribution in [0.3, 0.4) is 0 Å². The molecule has 1 amide bonds. The molecule has 0 aliphatic carbocycles. The van der Waals surface area contributed by atoms with Crippen LogP contribution in [0.1, 0.15) is 38.2 Å². The summed E-state index contributed by atoms with van der Waals surface area (Å²) in [5.74, 6) is 2.89. The second kappa shape index (κ2) is 13.3. The van der Waals surface area contributed by atoms with Crippen LogP contribution in [0.4, 0.5) is 0 Å². The average molecular weight is 462 g/mol. The Kier molecular flexibility index (Phi) is 11.9. The van der Waals surface area contributed by atoms with Gasteiger partial charge < -0.3 is 20.1 Å². The highest BCUT2D eigenvalue weighted by Crippen LogP contribution is 2.25. The van der Waals surface area contributed by atoms with Gasteiger partial charge in [0.25, 0.3) is 0 Å². The molecule has 0 aromatic heterocycles. The summed E-state index contributed by atoms with van der Waals surface area (Å²) in [6.07, 6.45) is 4.11. The van der Waals surface area contributed by atoms with Gasteiger partial charge in [-0.2, -0.15) is 0 Å². The SMILES string of the molecule is COc1cc(CN2CCC(NC(=O)CC(C)C3CCCNC3)C2)cc(OC)c1.Cl.Cl. The van der Waals surface area contributed by atoms with Gasteiger partial charge in [0, 0.05) is 38.2 Å². The molecule has 2 saturated heterocycles. The van der Waals surface area contributed by atoms with Crippen molar-refractivity contribution in [3.63, 3.8) is 0 Å². The molecule has 0 bridgehead atoms. The fourth-order valence-corrected chi connectivity index (χ4v) is 4.42. The Morgan fingerprint density at radius 2 is 1.90 bits per heavy atom. The Balaban J connectivity index is 0.00000225. The second-order valence-corrected chi connectivity index (χ2v) is 8.30. The standard InChI is InChI=1S/C22H35N3O3.2ClH/c1-16(18-5-4-7-23-13-18)9-22(26)24-19-6-8-25(15-19)14-17-10-20(27-2)12-21(11-17)28-3;;/h10-12,16,18-19,23H,4-9,13-15H2,1-3H3,(H,24,26);2*1H. The molecule has 2 aliphatic rings. The van der Waals surface area contributed by atoms with Crippen molar-refractivity contribution < 1.29 is 14.3 Å². The van der Waals surface area contributed by atoms with Crippen LogP contribution in [0.2, 0.25) is 0 Å². The molecule has 8 heteroatoms. The van der Waals surface area contributed by atoms with Crippen LogP contribution >= 0.6 is 24.8 Å². The summed E-state index contributed by atoms with van der Waals surface area (Å²) in [6.45, 7) is 7.11. The van der Waals surface area contributed by atoms with Gasteiger partial charge in [-0.05, 0) is 61.9 Å². The van der Waals surface area contributed by atoms with Crippen molar-refractivity contribution in [2.24, 2.45) is 11.8 Å². The lowest BCUT2D eigenvalue weighted by Crippen LogP contribution is -2.39. The van der Waals surface area contributed by atoms with Crippen LogP contribution in [-0.2, 0) is 11.3 Å². The molecule has 2 aliphatic heterocycles. The zero-order valence-electron chi connectivity index (χ0n) is 18.3. The lowest BCUT2D eigenvalue weighted by atomic mass is 9.85. The van der Waals surface area contributed by atoms with E-state index in [9.17, 15) is 4.79 Å². The van der Waals surface area contributed by atoms with Crippen LogP contribution in [-0.4, -0.2) is 57.2 Å². The Morgan fingerprint density at radius 3 is 2.50 bits per heavy atom. The third-order valence-electron chi connectivity index (χ3n) is 6.10. The van der Waals surface area contributed by atoms with Crippen LogP contribution in [0.25, 0.3) is 0 Å². The lowest BCUT2D eigenvalue weighted by molar-refractivity contribution is -0.123. The van der Waals surface area contributed by atoms with E-state index in [0.717, 1.165) is 50.6 Å². The van der Waals surface area contributed by atoms with Gasteiger partial charge in [-0.1, -0.05) is 6.92 Å². The van der Waals surface area contributed by atoms with Gasteiger partial charge in [0.2, 0.25) is 5.91 Å². The number of nitrogens with one attached hydrogen (secondary N) is 2. The van der Waals surface area contributed by atoms with Crippen molar-refractivity contribution in [3.05, 3.63) is 23.8 Å². The topological polar surface area (TPSA) is 62.8 Å². The summed E-state index contributed by atoms with van der Waals surface area (Å²) in [5, 5.41) is 6.71. The Morgan fingerprint density at radius 1 is 1.20 bits per heavy atom. The summed E-state index contributed by atoms with van der Waals surface area (Å²) in [7, 11) is 3.34. The van der Waals surface area contributed by atoms with Gasteiger partial charge in [0.05, 0.1) is 14.2 Å². The van der Waals surface area contributed by atoms with Crippen molar-refractivity contribution in [3.8, 4) is 11.5 Å². The molecule has 3 rings (SSSR count). The van der Waals surface area contributed by atoms with E-state index in [4.69, 9.17) is 9.47 Å². The smallest absolute Gasteiger partial charge is 0.220 e. The van der Waals surface area contributed by atoms with Crippen molar-refractivity contribution in [1.29, 1.82) is 0 Å². The highest BCUT2D eigenvalue weighted by Gasteiger charge is 2.26. The van der Waals surface area contributed by atoms with Crippen molar-refractivity contribution in [2.75, 3.05) is 40.4 Å². The first-order valence-corrected chi connectivity index (χ1v) is 10.5. The molecule has 6 nitrogen and oxygen atoms in total. The third-order valence-corrected chi connectivity index (χ3v) is 6.10. The zero-order chi connectivity index (χ0) is 19.9. The quantitative estimate of drug-likeness (QED) is 0.621. The van der Waals surface area contributed by atoms with Gasteiger partial charge in [0.1, 0.15) is 11.5 Å². The number of benzene rings is 1. The van der Waals surface area contributed by atoms with Crippen molar-refractivity contribution in [2.45, 2.75) is 45.2 Å². The normalized spacial score (nSPS) is 22.4. The summed E-state index contributed by atoms with van der Waals surface area (Å²) >= 11 is 0. The van der Waals surface area contributed by atoms with E-state index < -0.39 is 0 Å². The molecule has 172 valence electrons. The number of likely N-dealkylation sites (tertiary alicyclic amines) is 1. The van der Waals surface area contributed by atoms with E-state index in [0.29, 0.717) is 18.3 Å². The molecule has 0 saturated carbocycles. The molecule has 2 N–H and O–H groups in total. The Bertz CT molecular complexity index is 634. The number of methoxy groups -OCH3 is 2. The monoisotopic (exact) mass is 461 g/mol.